The third kappa shape index (κ3) is 7.05. The summed E-state index contributed by atoms with van der Waals surface area (Å²) in [6.45, 7) is 7.97. The van der Waals surface area contributed by atoms with Crippen LogP contribution in [-0.2, 0) is 0 Å². The van der Waals surface area contributed by atoms with Crippen LogP contribution in [0, 0.1) is 0 Å². The van der Waals surface area contributed by atoms with Crippen LogP contribution in [0.15, 0.2) is 18.2 Å². The molecule has 0 fully saturated rings. The van der Waals surface area contributed by atoms with Crippen LogP contribution in [0.5, 0.6) is 0 Å². The van der Waals surface area contributed by atoms with E-state index in [0.29, 0.717) is 29.8 Å². The Balaban J connectivity index is 3.06. The third-order valence-corrected chi connectivity index (χ3v) is 3.56. The summed E-state index contributed by atoms with van der Waals surface area (Å²) in [5.41, 5.74) is 1.03. The highest BCUT2D eigenvalue weighted by Gasteiger charge is 2.16. The minimum atomic E-state index is -0.275. The number of rotatable bonds is 11. The Morgan fingerprint density at radius 1 is 0.720 bits per heavy atom. The van der Waals surface area contributed by atoms with E-state index in [4.69, 9.17) is 0 Å². The number of hydrogen-bond donors (Lipinski definition) is 3. The summed E-state index contributed by atoms with van der Waals surface area (Å²) < 4.78 is 0. The lowest BCUT2D eigenvalue weighted by molar-refractivity contribution is 0.0953. The van der Waals surface area contributed by atoms with Gasteiger partial charge in [0, 0.05) is 29.8 Å². The topological polar surface area (TPSA) is 87.3 Å². The van der Waals surface area contributed by atoms with Gasteiger partial charge in [-0.3, -0.25) is 14.4 Å². The number of carbonyl (C=O) groups excluding carboxylic acids is 3. The highest BCUT2D eigenvalue weighted by atomic mass is 16.2. The maximum absolute atomic E-state index is 12.4. The molecule has 0 atom stereocenters. The molecule has 1 aromatic rings. The summed E-state index contributed by atoms with van der Waals surface area (Å²) in [6.07, 6.45) is 2.56. The molecule has 0 saturated carbocycles. The lowest BCUT2D eigenvalue weighted by Gasteiger charge is -2.10. The van der Waals surface area contributed by atoms with Gasteiger partial charge in [0.2, 0.25) is 0 Å². The molecule has 0 bridgehead atoms. The van der Waals surface area contributed by atoms with Crippen molar-refractivity contribution in [2.75, 3.05) is 26.2 Å². The molecular weight excluding hydrogens is 318 g/mol. The van der Waals surface area contributed by atoms with E-state index < -0.39 is 0 Å². The summed E-state index contributed by atoms with van der Waals surface area (Å²) in [6, 6.07) is 4.64. The van der Waals surface area contributed by atoms with Crippen LogP contribution >= 0.6 is 0 Å². The zero-order valence-electron chi connectivity index (χ0n) is 15.4. The maximum atomic E-state index is 12.4. The van der Waals surface area contributed by atoms with Crippen LogP contribution in [0.25, 0.3) is 0 Å². The van der Waals surface area contributed by atoms with Crippen LogP contribution < -0.4 is 16.0 Å². The van der Waals surface area contributed by atoms with Gasteiger partial charge in [-0.15, -0.1) is 0 Å². The van der Waals surface area contributed by atoms with Gasteiger partial charge < -0.3 is 16.0 Å². The van der Waals surface area contributed by atoms with Crippen LogP contribution in [0.2, 0.25) is 0 Å². The van der Waals surface area contributed by atoms with Crippen molar-refractivity contribution in [3.05, 3.63) is 34.9 Å². The van der Waals surface area contributed by atoms with E-state index in [1.807, 2.05) is 20.8 Å². The van der Waals surface area contributed by atoms with Gasteiger partial charge in [-0.05, 0) is 44.0 Å². The molecule has 6 heteroatoms. The summed E-state index contributed by atoms with van der Waals surface area (Å²) in [5.74, 6) is -0.687. The molecule has 0 unspecified atom stereocenters. The molecule has 0 saturated heterocycles. The van der Waals surface area contributed by atoms with Crippen molar-refractivity contribution >= 4 is 17.6 Å². The molecule has 0 aliphatic heterocycles. The van der Waals surface area contributed by atoms with Gasteiger partial charge in [-0.1, -0.05) is 20.8 Å². The highest BCUT2D eigenvalue weighted by molar-refractivity contribution is 6.05. The molecule has 1 rings (SSSR count). The van der Waals surface area contributed by atoms with Crippen LogP contribution in [0.3, 0.4) is 0 Å². The predicted octanol–water partition coefficient (Wildman–Crippen LogP) is 2.15. The number of benzene rings is 1. The molecule has 138 valence electrons. The second kappa shape index (κ2) is 11.4. The van der Waals surface area contributed by atoms with Crippen LogP contribution in [-0.4, -0.2) is 43.8 Å². The molecule has 1 aromatic carbocycles. The van der Waals surface area contributed by atoms with Crippen LogP contribution in [0.4, 0.5) is 0 Å². The molecule has 0 aliphatic rings. The van der Waals surface area contributed by atoms with E-state index >= 15 is 0 Å². The molecule has 0 aromatic heterocycles. The second-order valence-electron chi connectivity index (χ2n) is 5.91. The van der Waals surface area contributed by atoms with Gasteiger partial charge in [0.1, 0.15) is 0 Å². The van der Waals surface area contributed by atoms with Gasteiger partial charge in [0.15, 0.2) is 5.78 Å². The zero-order valence-corrected chi connectivity index (χ0v) is 15.4. The zero-order chi connectivity index (χ0) is 18.7. The Bertz CT molecular complexity index is 561. The SMILES string of the molecule is CCCNCC(=O)c1cc(C(=O)NCCC)cc(C(=O)NCCC)c1. The van der Waals surface area contributed by atoms with E-state index in [9.17, 15) is 14.4 Å². The first-order valence-corrected chi connectivity index (χ1v) is 8.98. The lowest BCUT2D eigenvalue weighted by Crippen LogP contribution is -2.28. The fourth-order valence-electron chi connectivity index (χ4n) is 2.21. The number of nitrogens with one attached hydrogen (secondary N) is 3. The van der Waals surface area contributed by atoms with E-state index in [1.165, 1.54) is 6.07 Å². The normalized spacial score (nSPS) is 10.4. The molecule has 0 aliphatic carbocycles. The van der Waals surface area contributed by atoms with E-state index in [-0.39, 0.29) is 24.1 Å². The minimum absolute atomic E-state index is 0.136. The number of hydrogen-bond acceptors (Lipinski definition) is 4. The summed E-state index contributed by atoms with van der Waals surface area (Å²) in [7, 11) is 0. The highest BCUT2D eigenvalue weighted by Crippen LogP contribution is 2.12. The molecular formula is C19H29N3O3. The first-order valence-electron chi connectivity index (χ1n) is 8.98. The Kier molecular flexibility index (Phi) is 9.47. The number of ketones is 1. The predicted molar refractivity (Wildman–Crippen MR) is 99.2 cm³/mol. The van der Waals surface area contributed by atoms with Gasteiger partial charge in [-0.25, -0.2) is 0 Å². The van der Waals surface area contributed by atoms with E-state index in [0.717, 1.165) is 25.8 Å². The Morgan fingerprint density at radius 2 is 1.16 bits per heavy atom. The fourth-order valence-corrected chi connectivity index (χ4v) is 2.21. The molecule has 0 heterocycles. The van der Waals surface area contributed by atoms with Crippen molar-refractivity contribution < 1.29 is 14.4 Å². The smallest absolute Gasteiger partial charge is 0.251 e. The van der Waals surface area contributed by atoms with Gasteiger partial charge >= 0.3 is 0 Å². The summed E-state index contributed by atoms with van der Waals surface area (Å²) in [5, 5.41) is 8.61. The van der Waals surface area contributed by atoms with E-state index in [2.05, 4.69) is 16.0 Å². The number of amides is 2. The molecule has 0 radical (unpaired) electrons. The van der Waals surface area contributed by atoms with Crippen molar-refractivity contribution in [2.24, 2.45) is 0 Å². The van der Waals surface area contributed by atoms with E-state index in [1.54, 1.807) is 12.1 Å². The summed E-state index contributed by atoms with van der Waals surface area (Å²) in [4.78, 5) is 36.9. The third-order valence-electron chi connectivity index (χ3n) is 3.56. The van der Waals surface area contributed by atoms with Gasteiger partial charge in [0.05, 0.1) is 6.54 Å². The first kappa shape index (κ1) is 20.8. The Labute approximate surface area is 149 Å². The molecule has 3 N–H and O–H groups in total. The standard InChI is InChI=1S/C19H29N3O3/c1-4-7-20-13-17(23)14-10-15(18(24)21-8-5-2)12-16(11-14)19(25)22-9-6-3/h10-12,20H,4-9,13H2,1-3H3,(H,21,24)(H,22,25). The molecule has 25 heavy (non-hydrogen) atoms. The Morgan fingerprint density at radius 3 is 1.60 bits per heavy atom. The fraction of sp³-hybridized carbons (Fsp3) is 0.526. The molecule has 2 amide bonds. The minimum Gasteiger partial charge on any atom is -0.352 e. The average molecular weight is 347 g/mol. The quantitative estimate of drug-likeness (QED) is 0.423. The van der Waals surface area contributed by atoms with Gasteiger partial charge in [0.25, 0.3) is 11.8 Å². The molecule has 0 spiro atoms. The van der Waals surface area contributed by atoms with Crippen molar-refractivity contribution in [1.29, 1.82) is 0 Å². The van der Waals surface area contributed by atoms with Crippen molar-refractivity contribution in [3.8, 4) is 0 Å². The molecule has 6 nitrogen and oxygen atoms in total. The van der Waals surface area contributed by atoms with Crippen molar-refractivity contribution in [1.82, 2.24) is 16.0 Å². The monoisotopic (exact) mass is 347 g/mol. The number of Topliss-reactive ketones (excluding diaryl/α,β-unsaturated/α-hetero) is 1. The summed E-state index contributed by atoms with van der Waals surface area (Å²) >= 11 is 0. The van der Waals surface area contributed by atoms with Crippen LogP contribution in [0.1, 0.15) is 71.1 Å². The lowest BCUT2D eigenvalue weighted by atomic mass is 10.0. The van der Waals surface area contributed by atoms with Gasteiger partial charge in [-0.2, -0.15) is 0 Å². The second-order valence-corrected chi connectivity index (χ2v) is 5.91. The maximum Gasteiger partial charge on any atom is 0.251 e. The van der Waals surface area contributed by atoms with Crippen molar-refractivity contribution in [3.63, 3.8) is 0 Å². The largest absolute Gasteiger partial charge is 0.352 e. The Hall–Kier alpha value is -2.21. The average Bonchev–Trinajstić information content (AvgIpc) is 2.63. The first-order chi connectivity index (χ1) is 12.0. The van der Waals surface area contributed by atoms with Crippen molar-refractivity contribution in [2.45, 2.75) is 40.0 Å². The number of carbonyl (C=O) groups is 3.